The van der Waals surface area contributed by atoms with Crippen molar-refractivity contribution < 1.29 is 14.3 Å². The first-order chi connectivity index (χ1) is 9.45. The van der Waals surface area contributed by atoms with Crippen LogP contribution in [0, 0.1) is 5.92 Å². The molecule has 2 amide bonds. The predicted molar refractivity (Wildman–Crippen MR) is 80.9 cm³/mol. The van der Waals surface area contributed by atoms with Crippen LogP contribution >= 0.6 is 15.9 Å². The maximum absolute atomic E-state index is 12.0. The lowest BCUT2D eigenvalue weighted by atomic mass is 10.2. The van der Waals surface area contributed by atoms with E-state index in [4.69, 9.17) is 4.74 Å². The number of hydrogen-bond donors (Lipinski definition) is 2. The van der Waals surface area contributed by atoms with Crippen molar-refractivity contribution in [1.82, 2.24) is 10.6 Å². The van der Waals surface area contributed by atoms with Crippen molar-refractivity contribution in [2.75, 3.05) is 20.2 Å². The van der Waals surface area contributed by atoms with Gasteiger partial charge in [-0.05, 0) is 18.2 Å². The zero-order chi connectivity index (χ0) is 15.1. The zero-order valence-electron chi connectivity index (χ0n) is 11.8. The van der Waals surface area contributed by atoms with Gasteiger partial charge in [-0.3, -0.25) is 9.59 Å². The molecule has 110 valence electrons. The molecule has 0 aromatic heterocycles. The van der Waals surface area contributed by atoms with Gasteiger partial charge in [0.1, 0.15) is 5.75 Å². The van der Waals surface area contributed by atoms with Gasteiger partial charge >= 0.3 is 0 Å². The number of methoxy groups -OCH3 is 1. The first kappa shape index (κ1) is 16.5. The van der Waals surface area contributed by atoms with E-state index in [0.29, 0.717) is 24.4 Å². The molecule has 0 heterocycles. The van der Waals surface area contributed by atoms with Gasteiger partial charge in [-0.2, -0.15) is 0 Å². The van der Waals surface area contributed by atoms with Crippen molar-refractivity contribution in [3.05, 3.63) is 28.2 Å². The van der Waals surface area contributed by atoms with Crippen LogP contribution in [0.2, 0.25) is 0 Å². The highest BCUT2D eigenvalue weighted by molar-refractivity contribution is 9.10. The van der Waals surface area contributed by atoms with E-state index in [2.05, 4.69) is 26.6 Å². The number of halogens is 1. The van der Waals surface area contributed by atoms with Crippen LogP contribution < -0.4 is 15.4 Å². The van der Waals surface area contributed by atoms with E-state index in [1.54, 1.807) is 18.2 Å². The van der Waals surface area contributed by atoms with Gasteiger partial charge in [-0.15, -0.1) is 0 Å². The summed E-state index contributed by atoms with van der Waals surface area (Å²) < 4.78 is 6.01. The molecule has 1 rings (SSSR count). The van der Waals surface area contributed by atoms with E-state index in [-0.39, 0.29) is 17.7 Å². The van der Waals surface area contributed by atoms with Crippen LogP contribution in [0.4, 0.5) is 0 Å². The fraction of sp³-hybridized carbons (Fsp3) is 0.429. The molecule has 0 aliphatic carbocycles. The Labute approximate surface area is 127 Å². The number of nitrogens with one attached hydrogen (secondary N) is 2. The lowest BCUT2D eigenvalue weighted by Crippen LogP contribution is -2.36. The number of ether oxygens (including phenoxy) is 1. The number of benzene rings is 1. The molecule has 1 aromatic rings. The molecule has 0 atom stereocenters. The monoisotopic (exact) mass is 342 g/mol. The molecule has 5 nitrogen and oxygen atoms in total. The highest BCUT2D eigenvalue weighted by atomic mass is 79.9. The van der Waals surface area contributed by atoms with Crippen LogP contribution in [0.5, 0.6) is 5.75 Å². The summed E-state index contributed by atoms with van der Waals surface area (Å²) in [6, 6.07) is 5.19. The second kappa shape index (κ2) is 7.89. The maximum Gasteiger partial charge on any atom is 0.255 e. The van der Waals surface area contributed by atoms with Gasteiger partial charge < -0.3 is 15.4 Å². The SMILES string of the molecule is COc1cc(Br)ccc1C(=O)NCCNC(=O)C(C)C. The summed E-state index contributed by atoms with van der Waals surface area (Å²) in [7, 11) is 1.52. The van der Waals surface area contributed by atoms with E-state index in [1.165, 1.54) is 7.11 Å². The number of hydrogen-bond acceptors (Lipinski definition) is 3. The smallest absolute Gasteiger partial charge is 0.255 e. The summed E-state index contributed by atoms with van der Waals surface area (Å²) in [4.78, 5) is 23.3. The number of rotatable bonds is 6. The Morgan fingerprint density at radius 3 is 2.50 bits per heavy atom. The van der Waals surface area contributed by atoms with E-state index >= 15 is 0 Å². The molecule has 0 saturated carbocycles. The summed E-state index contributed by atoms with van der Waals surface area (Å²) in [5, 5.41) is 5.47. The largest absolute Gasteiger partial charge is 0.496 e. The first-order valence-corrected chi connectivity index (χ1v) is 7.14. The summed E-state index contributed by atoms with van der Waals surface area (Å²) in [5.41, 5.74) is 0.464. The van der Waals surface area contributed by atoms with Crippen LogP contribution in [-0.2, 0) is 4.79 Å². The van der Waals surface area contributed by atoms with Gasteiger partial charge in [0.15, 0.2) is 0 Å². The second-order valence-electron chi connectivity index (χ2n) is 4.55. The molecule has 0 spiro atoms. The number of amides is 2. The third kappa shape index (κ3) is 4.85. The Balaban J connectivity index is 2.49. The third-order valence-electron chi connectivity index (χ3n) is 2.64. The molecule has 0 radical (unpaired) electrons. The first-order valence-electron chi connectivity index (χ1n) is 6.35. The Morgan fingerprint density at radius 2 is 1.90 bits per heavy atom. The Hall–Kier alpha value is -1.56. The van der Waals surface area contributed by atoms with Gasteiger partial charge in [0.05, 0.1) is 12.7 Å². The molecular weight excluding hydrogens is 324 g/mol. The second-order valence-corrected chi connectivity index (χ2v) is 5.46. The molecule has 0 fully saturated rings. The predicted octanol–water partition coefficient (Wildman–Crippen LogP) is 1.96. The van der Waals surface area contributed by atoms with Gasteiger partial charge in [-0.25, -0.2) is 0 Å². The Kier molecular flexibility index (Phi) is 6.51. The highest BCUT2D eigenvalue weighted by Crippen LogP contribution is 2.23. The van der Waals surface area contributed by atoms with Crippen LogP contribution in [0.1, 0.15) is 24.2 Å². The quantitative estimate of drug-likeness (QED) is 0.776. The topological polar surface area (TPSA) is 67.4 Å². The molecule has 0 bridgehead atoms. The molecule has 2 N–H and O–H groups in total. The molecule has 0 aliphatic heterocycles. The Bertz CT molecular complexity index is 489. The third-order valence-corrected chi connectivity index (χ3v) is 3.14. The molecule has 0 aliphatic rings. The van der Waals surface area contributed by atoms with E-state index in [9.17, 15) is 9.59 Å². The minimum Gasteiger partial charge on any atom is -0.496 e. The lowest BCUT2D eigenvalue weighted by Gasteiger charge is -2.11. The van der Waals surface area contributed by atoms with Crippen LogP contribution in [0.3, 0.4) is 0 Å². The average Bonchev–Trinajstić information content (AvgIpc) is 2.42. The van der Waals surface area contributed by atoms with E-state index < -0.39 is 0 Å². The van der Waals surface area contributed by atoms with Crippen molar-refractivity contribution >= 4 is 27.7 Å². The highest BCUT2D eigenvalue weighted by Gasteiger charge is 2.12. The molecule has 0 unspecified atom stereocenters. The molecule has 20 heavy (non-hydrogen) atoms. The van der Waals surface area contributed by atoms with Crippen molar-refractivity contribution in [2.24, 2.45) is 5.92 Å². The number of carbonyl (C=O) groups is 2. The lowest BCUT2D eigenvalue weighted by molar-refractivity contribution is -0.123. The van der Waals surface area contributed by atoms with Crippen LogP contribution in [0.25, 0.3) is 0 Å². The normalized spacial score (nSPS) is 10.2. The van der Waals surface area contributed by atoms with Crippen molar-refractivity contribution in [2.45, 2.75) is 13.8 Å². The summed E-state index contributed by atoms with van der Waals surface area (Å²) >= 11 is 3.32. The van der Waals surface area contributed by atoms with Crippen molar-refractivity contribution in [3.63, 3.8) is 0 Å². The molecule has 6 heteroatoms. The van der Waals surface area contributed by atoms with Crippen LogP contribution in [0.15, 0.2) is 22.7 Å². The summed E-state index contributed by atoms with van der Waals surface area (Å²) in [6.45, 7) is 4.42. The Morgan fingerprint density at radius 1 is 1.25 bits per heavy atom. The fourth-order valence-electron chi connectivity index (χ4n) is 1.51. The fourth-order valence-corrected chi connectivity index (χ4v) is 1.85. The van der Waals surface area contributed by atoms with Gasteiger partial charge in [-0.1, -0.05) is 29.8 Å². The average molecular weight is 343 g/mol. The van der Waals surface area contributed by atoms with Gasteiger partial charge in [0.25, 0.3) is 5.91 Å². The van der Waals surface area contributed by atoms with Gasteiger partial charge in [0, 0.05) is 23.5 Å². The van der Waals surface area contributed by atoms with E-state index in [1.807, 2.05) is 13.8 Å². The number of carbonyl (C=O) groups excluding carboxylic acids is 2. The zero-order valence-corrected chi connectivity index (χ0v) is 13.4. The van der Waals surface area contributed by atoms with E-state index in [0.717, 1.165) is 4.47 Å². The molecular formula is C14H19BrN2O3. The van der Waals surface area contributed by atoms with Crippen LogP contribution in [-0.4, -0.2) is 32.0 Å². The summed E-state index contributed by atoms with van der Waals surface area (Å²) in [5.74, 6) is 0.189. The molecule has 0 saturated heterocycles. The summed E-state index contributed by atoms with van der Waals surface area (Å²) in [6.07, 6.45) is 0. The minimum absolute atomic E-state index is 0.0273. The van der Waals surface area contributed by atoms with Crippen molar-refractivity contribution in [1.29, 1.82) is 0 Å². The minimum atomic E-state index is -0.229. The van der Waals surface area contributed by atoms with Gasteiger partial charge in [0.2, 0.25) is 5.91 Å². The maximum atomic E-state index is 12.0. The standard InChI is InChI=1S/C14H19BrN2O3/c1-9(2)13(18)16-6-7-17-14(19)11-5-4-10(15)8-12(11)20-3/h4-5,8-9H,6-7H2,1-3H3,(H,16,18)(H,17,19). The molecule has 1 aromatic carbocycles. The van der Waals surface area contributed by atoms with Crippen molar-refractivity contribution in [3.8, 4) is 5.75 Å².